The minimum Gasteiger partial charge on any atom is -0.492 e. The van der Waals surface area contributed by atoms with E-state index >= 15 is 0 Å². The molecule has 98 valence electrons. The van der Waals surface area contributed by atoms with Gasteiger partial charge in [-0.1, -0.05) is 18.2 Å². The van der Waals surface area contributed by atoms with E-state index in [-0.39, 0.29) is 0 Å². The van der Waals surface area contributed by atoms with Crippen molar-refractivity contribution >= 4 is 0 Å². The van der Waals surface area contributed by atoms with Gasteiger partial charge in [-0.05, 0) is 37.4 Å². The summed E-state index contributed by atoms with van der Waals surface area (Å²) in [4.78, 5) is 2.54. The Morgan fingerprint density at radius 2 is 2.11 bits per heavy atom. The Balaban J connectivity index is 1.42. The molecular weight excluding hydrogens is 224 g/mol. The summed E-state index contributed by atoms with van der Waals surface area (Å²) in [6.45, 7) is 5.49. The lowest BCUT2D eigenvalue weighted by molar-refractivity contribution is 0.232. The Labute approximate surface area is 109 Å². The van der Waals surface area contributed by atoms with Gasteiger partial charge in [0, 0.05) is 25.7 Å². The van der Waals surface area contributed by atoms with Gasteiger partial charge in [-0.25, -0.2) is 0 Å². The second-order valence-corrected chi connectivity index (χ2v) is 5.38. The van der Waals surface area contributed by atoms with Crippen molar-refractivity contribution in [1.29, 1.82) is 0 Å². The number of benzene rings is 1. The summed E-state index contributed by atoms with van der Waals surface area (Å²) in [6, 6.07) is 10.8. The largest absolute Gasteiger partial charge is 0.492 e. The van der Waals surface area contributed by atoms with Crippen LogP contribution in [-0.4, -0.2) is 43.7 Å². The number of nitrogens with one attached hydrogen (secondary N) is 1. The van der Waals surface area contributed by atoms with Gasteiger partial charge in [0.2, 0.25) is 0 Å². The van der Waals surface area contributed by atoms with E-state index in [9.17, 15) is 0 Å². The van der Waals surface area contributed by atoms with Gasteiger partial charge < -0.3 is 10.1 Å². The van der Waals surface area contributed by atoms with Crippen LogP contribution in [-0.2, 0) is 0 Å². The van der Waals surface area contributed by atoms with Gasteiger partial charge in [0.15, 0.2) is 0 Å². The van der Waals surface area contributed by atoms with E-state index < -0.39 is 0 Å². The molecule has 1 N–H and O–H groups in total. The maximum absolute atomic E-state index is 5.76. The van der Waals surface area contributed by atoms with Crippen LogP contribution >= 0.6 is 0 Å². The van der Waals surface area contributed by atoms with Crippen LogP contribution in [0.5, 0.6) is 5.75 Å². The van der Waals surface area contributed by atoms with Crippen molar-refractivity contribution in [2.24, 2.45) is 5.92 Å². The van der Waals surface area contributed by atoms with Crippen LogP contribution in [0.4, 0.5) is 0 Å². The smallest absolute Gasteiger partial charge is 0.119 e. The molecule has 2 heterocycles. The van der Waals surface area contributed by atoms with Gasteiger partial charge in [-0.2, -0.15) is 0 Å². The summed E-state index contributed by atoms with van der Waals surface area (Å²) < 4.78 is 5.76. The van der Waals surface area contributed by atoms with E-state index in [2.05, 4.69) is 10.2 Å². The van der Waals surface area contributed by atoms with Crippen LogP contribution in [0.1, 0.15) is 12.8 Å². The summed E-state index contributed by atoms with van der Waals surface area (Å²) in [5.41, 5.74) is 0. The molecule has 1 aromatic carbocycles. The monoisotopic (exact) mass is 246 g/mol. The van der Waals surface area contributed by atoms with E-state index in [0.717, 1.165) is 30.9 Å². The quantitative estimate of drug-likeness (QED) is 0.876. The lowest BCUT2D eigenvalue weighted by Crippen LogP contribution is -2.40. The Kier molecular flexibility index (Phi) is 3.81. The average Bonchev–Trinajstić information content (AvgIpc) is 2.82. The highest BCUT2D eigenvalue weighted by atomic mass is 16.5. The fourth-order valence-electron chi connectivity index (χ4n) is 3.13. The molecule has 2 saturated heterocycles. The summed E-state index contributed by atoms with van der Waals surface area (Å²) in [6.07, 6.45) is 2.74. The van der Waals surface area contributed by atoms with Crippen molar-refractivity contribution in [3.05, 3.63) is 30.3 Å². The molecule has 0 radical (unpaired) electrons. The summed E-state index contributed by atoms with van der Waals surface area (Å²) in [7, 11) is 0. The number of hydrogen-bond acceptors (Lipinski definition) is 3. The molecule has 0 aromatic heterocycles. The molecule has 0 aliphatic carbocycles. The van der Waals surface area contributed by atoms with Crippen molar-refractivity contribution in [2.75, 3.05) is 32.8 Å². The zero-order valence-corrected chi connectivity index (χ0v) is 10.8. The van der Waals surface area contributed by atoms with E-state index in [0.29, 0.717) is 0 Å². The lowest BCUT2D eigenvalue weighted by Gasteiger charge is -2.24. The third-order valence-corrected chi connectivity index (χ3v) is 4.09. The van der Waals surface area contributed by atoms with E-state index in [1.165, 1.54) is 32.5 Å². The van der Waals surface area contributed by atoms with Crippen molar-refractivity contribution in [3.63, 3.8) is 0 Å². The van der Waals surface area contributed by atoms with E-state index in [4.69, 9.17) is 4.74 Å². The molecule has 2 unspecified atom stereocenters. The Morgan fingerprint density at radius 1 is 1.22 bits per heavy atom. The van der Waals surface area contributed by atoms with Crippen LogP contribution in [0.25, 0.3) is 0 Å². The summed E-state index contributed by atoms with van der Waals surface area (Å²) >= 11 is 0. The van der Waals surface area contributed by atoms with E-state index in [1.54, 1.807) is 0 Å². The second kappa shape index (κ2) is 5.72. The number of hydrogen-bond donors (Lipinski definition) is 1. The first-order chi connectivity index (χ1) is 8.92. The van der Waals surface area contributed by atoms with E-state index in [1.807, 2.05) is 30.3 Å². The predicted octanol–water partition coefficient (Wildman–Crippen LogP) is 1.75. The predicted molar refractivity (Wildman–Crippen MR) is 72.9 cm³/mol. The molecule has 2 aliphatic heterocycles. The number of rotatable bonds is 4. The number of likely N-dealkylation sites (tertiary alicyclic amines) is 1. The first-order valence-electron chi connectivity index (χ1n) is 7.05. The molecule has 1 aromatic rings. The lowest BCUT2D eigenvalue weighted by atomic mass is 9.94. The summed E-state index contributed by atoms with van der Waals surface area (Å²) in [5, 5.41) is 3.64. The molecule has 3 heteroatoms. The van der Waals surface area contributed by atoms with Crippen molar-refractivity contribution < 1.29 is 4.74 Å². The number of piperidine rings is 1. The van der Waals surface area contributed by atoms with Crippen molar-refractivity contribution in [1.82, 2.24) is 10.2 Å². The molecule has 3 rings (SSSR count). The molecular formula is C15H22N2O. The minimum absolute atomic E-state index is 0.732. The van der Waals surface area contributed by atoms with Crippen LogP contribution in [0.2, 0.25) is 0 Å². The molecule has 0 saturated carbocycles. The third-order valence-electron chi connectivity index (χ3n) is 4.09. The van der Waals surface area contributed by atoms with Gasteiger partial charge in [0.25, 0.3) is 0 Å². The fourth-order valence-corrected chi connectivity index (χ4v) is 3.13. The van der Waals surface area contributed by atoms with Gasteiger partial charge >= 0.3 is 0 Å². The molecule has 0 bridgehead atoms. The number of para-hydroxylation sites is 1. The summed E-state index contributed by atoms with van der Waals surface area (Å²) in [5.74, 6) is 1.85. The van der Waals surface area contributed by atoms with Gasteiger partial charge in [-0.15, -0.1) is 0 Å². The first kappa shape index (κ1) is 12.0. The Bertz CT molecular complexity index is 354. The second-order valence-electron chi connectivity index (χ2n) is 5.38. The Hall–Kier alpha value is -1.06. The molecule has 2 atom stereocenters. The number of fused-ring (bicyclic) bond motifs is 1. The standard InChI is InChI=1S/C15H22N2O/c1-2-6-14(7-3-1)18-10-9-17-11-13-5-4-8-16-15(13)12-17/h1-3,6-7,13,15-16H,4-5,8-12H2. The molecule has 2 aliphatic rings. The van der Waals surface area contributed by atoms with Gasteiger partial charge in [0.05, 0.1) is 0 Å². The number of nitrogens with zero attached hydrogens (tertiary/aromatic N) is 1. The SMILES string of the molecule is c1ccc(OCCN2CC3CCCNC3C2)cc1. The van der Waals surface area contributed by atoms with Crippen LogP contribution in [0, 0.1) is 5.92 Å². The first-order valence-corrected chi connectivity index (χ1v) is 7.05. The van der Waals surface area contributed by atoms with Gasteiger partial charge in [-0.3, -0.25) is 4.90 Å². The molecule has 18 heavy (non-hydrogen) atoms. The van der Waals surface area contributed by atoms with Crippen molar-refractivity contribution in [3.8, 4) is 5.75 Å². The average molecular weight is 246 g/mol. The molecule has 3 nitrogen and oxygen atoms in total. The van der Waals surface area contributed by atoms with Crippen LogP contribution < -0.4 is 10.1 Å². The maximum atomic E-state index is 5.76. The number of ether oxygens (including phenoxy) is 1. The molecule has 2 fully saturated rings. The topological polar surface area (TPSA) is 24.5 Å². The molecule has 0 amide bonds. The zero-order valence-electron chi connectivity index (χ0n) is 10.8. The zero-order chi connectivity index (χ0) is 12.2. The third kappa shape index (κ3) is 2.85. The Morgan fingerprint density at radius 3 is 2.94 bits per heavy atom. The van der Waals surface area contributed by atoms with Gasteiger partial charge in [0.1, 0.15) is 12.4 Å². The fraction of sp³-hybridized carbons (Fsp3) is 0.600. The highest BCUT2D eigenvalue weighted by Gasteiger charge is 2.33. The maximum Gasteiger partial charge on any atom is 0.119 e. The van der Waals surface area contributed by atoms with Crippen LogP contribution in [0.15, 0.2) is 30.3 Å². The normalized spacial score (nSPS) is 28.0. The van der Waals surface area contributed by atoms with Crippen LogP contribution in [0.3, 0.4) is 0 Å². The highest BCUT2D eigenvalue weighted by Crippen LogP contribution is 2.24. The highest BCUT2D eigenvalue weighted by molar-refractivity contribution is 5.20. The molecule has 0 spiro atoms. The van der Waals surface area contributed by atoms with Crippen molar-refractivity contribution in [2.45, 2.75) is 18.9 Å². The minimum atomic E-state index is 0.732.